The minimum atomic E-state index is -3.84. The van der Waals surface area contributed by atoms with Crippen LogP contribution in [0.25, 0.3) is 0 Å². The van der Waals surface area contributed by atoms with E-state index in [1.807, 2.05) is 13.8 Å². The third kappa shape index (κ3) is 4.29. The predicted octanol–water partition coefficient (Wildman–Crippen LogP) is 2.58. The summed E-state index contributed by atoms with van der Waals surface area (Å²) >= 11 is 16.5. The smallest absolute Gasteiger partial charge is 0.242 e. The zero-order chi connectivity index (χ0) is 14.8. The van der Waals surface area contributed by atoms with Crippen molar-refractivity contribution in [3.63, 3.8) is 0 Å². The van der Waals surface area contributed by atoms with Crippen LogP contribution in [0.2, 0.25) is 10.0 Å². The molecule has 0 spiro atoms. The molecule has 106 valence electrons. The van der Waals surface area contributed by atoms with Crippen LogP contribution in [0.4, 0.5) is 0 Å². The van der Waals surface area contributed by atoms with Gasteiger partial charge in [0.25, 0.3) is 0 Å². The second-order valence-corrected chi connectivity index (χ2v) is 7.32. The van der Waals surface area contributed by atoms with Crippen LogP contribution in [0.3, 0.4) is 0 Å². The van der Waals surface area contributed by atoms with Gasteiger partial charge in [0.2, 0.25) is 10.0 Å². The molecule has 4 nitrogen and oxygen atoms in total. The van der Waals surface area contributed by atoms with Gasteiger partial charge in [-0.3, -0.25) is 0 Å². The molecule has 0 heterocycles. The van der Waals surface area contributed by atoms with Crippen molar-refractivity contribution in [2.75, 3.05) is 0 Å². The zero-order valence-corrected chi connectivity index (χ0v) is 13.5. The largest absolute Gasteiger partial charge is 0.392 e. The van der Waals surface area contributed by atoms with Crippen molar-refractivity contribution in [2.24, 2.45) is 11.7 Å². The highest BCUT2D eigenvalue weighted by atomic mass is 35.5. The van der Waals surface area contributed by atoms with Gasteiger partial charge in [-0.25, -0.2) is 13.1 Å². The van der Waals surface area contributed by atoms with Gasteiger partial charge in [0.15, 0.2) is 0 Å². The summed E-state index contributed by atoms with van der Waals surface area (Å²) in [6.45, 7) is 3.62. The van der Waals surface area contributed by atoms with Crippen LogP contribution in [0.5, 0.6) is 0 Å². The second kappa shape index (κ2) is 6.37. The lowest BCUT2D eigenvalue weighted by molar-refractivity contribution is 0.526. The van der Waals surface area contributed by atoms with Gasteiger partial charge in [-0.15, -0.1) is 0 Å². The Hall–Kier alpha value is -0.400. The molecule has 8 heteroatoms. The van der Waals surface area contributed by atoms with Crippen LogP contribution in [-0.2, 0) is 10.0 Å². The van der Waals surface area contributed by atoms with Crippen LogP contribution in [0.15, 0.2) is 23.1 Å². The van der Waals surface area contributed by atoms with E-state index >= 15 is 0 Å². The number of nitrogens with two attached hydrogens (primary N) is 1. The molecule has 1 unspecified atom stereocenters. The molecule has 1 aromatic carbocycles. The molecular formula is C11H14Cl2N2O2S2. The first-order valence-corrected chi connectivity index (χ1v) is 8.06. The van der Waals surface area contributed by atoms with Crippen molar-refractivity contribution < 1.29 is 8.42 Å². The molecule has 19 heavy (non-hydrogen) atoms. The molecular weight excluding hydrogens is 327 g/mol. The maximum atomic E-state index is 12.3. The number of rotatable bonds is 5. The number of hydrogen-bond donors (Lipinski definition) is 2. The van der Waals surface area contributed by atoms with Crippen molar-refractivity contribution in [2.45, 2.75) is 24.8 Å². The topological polar surface area (TPSA) is 72.2 Å². The summed E-state index contributed by atoms with van der Waals surface area (Å²) in [6.07, 6.45) is 0. The minimum absolute atomic E-state index is 0.0785. The average Bonchev–Trinajstić information content (AvgIpc) is 2.28. The molecule has 1 atom stereocenters. The fraction of sp³-hybridized carbons (Fsp3) is 0.364. The van der Waals surface area contributed by atoms with Crippen LogP contribution < -0.4 is 10.5 Å². The summed E-state index contributed by atoms with van der Waals surface area (Å²) in [6, 6.07) is 3.57. The molecule has 0 saturated heterocycles. The molecule has 0 aliphatic carbocycles. The normalized spacial score (nSPS) is 13.5. The fourth-order valence-electron chi connectivity index (χ4n) is 1.44. The standard InChI is InChI=1S/C11H14Cl2N2O2S2/c1-6(2)10(11(14)18)15-19(16,17)9-5-7(12)3-4-8(9)13/h3-6,10,15H,1-2H3,(H2,14,18). The van der Waals surface area contributed by atoms with E-state index in [0.29, 0.717) is 0 Å². The maximum absolute atomic E-state index is 12.3. The van der Waals surface area contributed by atoms with Crippen LogP contribution >= 0.6 is 35.4 Å². The molecule has 0 aliphatic heterocycles. The Morgan fingerprint density at radius 3 is 2.42 bits per heavy atom. The van der Waals surface area contributed by atoms with Crippen molar-refractivity contribution in [1.82, 2.24) is 4.72 Å². The Morgan fingerprint density at radius 2 is 1.95 bits per heavy atom. The van der Waals surface area contributed by atoms with E-state index in [-0.39, 0.29) is 25.8 Å². The van der Waals surface area contributed by atoms with E-state index < -0.39 is 16.1 Å². The molecule has 0 aromatic heterocycles. The maximum Gasteiger partial charge on any atom is 0.242 e. The van der Waals surface area contributed by atoms with Gasteiger partial charge in [0.1, 0.15) is 4.90 Å². The van der Waals surface area contributed by atoms with E-state index in [9.17, 15) is 8.42 Å². The lowest BCUT2D eigenvalue weighted by Gasteiger charge is -2.21. The second-order valence-electron chi connectivity index (χ2n) is 4.32. The van der Waals surface area contributed by atoms with Crippen molar-refractivity contribution >= 4 is 50.4 Å². The van der Waals surface area contributed by atoms with E-state index in [0.717, 1.165) is 0 Å². The quantitative estimate of drug-likeness (QED) is 0.808. The Labute approximate surface area is 128 Å². The van der Waals surface area contributed by atoms with E-state index in [1.54, 1.807) is 0 Å². The third-order valence-corrected chi connectivity index (χ3v) is 4.85. The van der Waals surface area contributed by atoms with Crippen LogP contribution in [0.1, 0.15) is 13.8 Å². The van der Waals surface area contributed by atoms with E-state index in [4.69, 9.17) is 41.2 Å². The van der Waals surface area contributed by atoms with Crippen molar-refractivity contribution in [3.8, 4) is 0 Å². The minimum Gasteiger partial charge on any atom is -0.392 e. The first-order chi connectivity index (χ1) is 8.65. The molecule has 1 aromatic rings. The number of benzene rings is 1. The molecule has 0 radical (unpaired) electrons. The molecule has 0 saturated carbocycles. The first kappa shape index (κ1) is 16.7. The molecule has 0 bridgehead atoms. The van der Waals surface area contributed by atoms with Gasteiger partial charge in [-0.05, 0) is 24.1 Å². The summed E-state index contributed by atoms with van der Waals surface area (Å²) < 4.78 is 26.9. The van der Waals surface area contributed by atoms with Gasteiger partial charge in [-0.1, -0.05) is 49.3 Å². The third-order valence-electron chi connectivity index (χ3n) is 2.44. The zero-order valence-electron chi connectivity index (χ0n) is 10.4. The van der Waals surface area contributed by atoms with Gasteiger partial charge in [-0.2, -0.15) is 0 Å². The van der Waals surface area contributed by atoms with E-state index in [1.165, 1.54) is 18.2 Å². The number of thiocarbonyl (C=S) groups is 1. The monoisotopic (exact) mass is 340 g/mol. The summed E-state index contributed by atoms with van der Waals surface area (Å²) in [5.74, 6) is -0.0785. The molecule has 0 fully saturated rings. The summed E-state index contributed by atoms with van der Waals surface area (Å²) in [7, 11) is -3.84. The Balaban J connectivity index is 3.17. The SMILES string of the molecule is CC(C)C(NS(=O)(=O)c1cc(Cl)ccc1Cl)C(N)=S. The lowest BCUT2D eigenvalue weighted by Crippen LogP contribution is -2.46. The van der Waals surface area contributed by atoms with Crippen LogP contribution in [0, 0.1) is 5.92 Å². The predicted molar refractivity (Wildman–Crippen MR) is 82.2 cm³/mol. The Kier molecular flexibility index (Phi) is 5.58. The lowest BCUT2D eigenvalue weighted by atomic mass is 10.1. The average molecular weight is 341 g/mol. The summed E-state index contributed by atoms with van der Waals surface area (Å²) in [5, 5.41) is 0.364. The first-order valence-electron chi connectivity index (χ1n) is 5.42. The van der Waals surface area contributed by atoms with Gasteiger partial charge >= 0.3 is 0 Å². The number of halogens is 2. The number of nitrogens with one attached hydrogen (secondary N) is 1. The van der Waals surface area contributed by atoms with E-state index in [2.05, 4.69) is 4.72 Å². The molecule has 3 N–H and O–H groups in total. The molecule has 1 rings (SSSR count). The highest BCUT2D eigenvalue weighted by Crippen LogP contribution is 2.25. The Bertz CT molecular complexity index is 588. The Morgan fingerprint density at radius 1 is 1.37 bits per heavy atom. The van der Waals surface area contributed by atoms with Crippen LogP contribution in [-0.4, -0.2) is 19.4 Å². The summed E-state index contributed by atoms with van der Waals surface area (Å²) in [4.78, 5) is -0.0136. The van der Waals surface area contributed by atoms with Gasteiger partial charge in [0, 0.05) is 5.02 Å². The molecule has 0 amide bonds. The highest BCUT2D eigenvalue weighted by Gasteiger charge is 2.26. The fourth-order valence-corrected chi connectivity index (χ4v) is 3.97. The van der Waals surface area contributed by atoms with Crippen molar-refractivity contribution in [3.05, 3.63) is 28.2 Å². The molecule has 0 aliphatic rings. The summed E-state index contributed by atoms with van der Waals surface area (Å²) in [5.41, 5.74) is 5.54. The van der Waals surface area contributed by atoms with Crippen molar-refractivity contribution in [1.29, 1.82) is 0 Å². The van der Waals surface area contributed by atoms with Gasteiger partial charge in [0.05, 0.1) is 16.1 Å². The van der Waals surface area contributed by atoms with Gasteiger partial charge < -0.3 is 5.73 Å². The number of sulfonamides is 1. The number of hydrogen-bond acceptors (Lipinski definition) is 3. The highest BCUT2D eigenvalue weighted by molar-refractivity contribution is 7.89.